The third-order valence-electron chi connectivity index (χ3n) is 8.56. The molecule has 7 atom stereocenters. The summed E-state index contributed by atoms with van der Waals surface area (Å²) in [5, 5.41) is 3.82. The predicted octanol–water partition coefficient (Wildman–Crippen LogP) is 3.88. The molecule has 124 valence electrons. The standard InChI is InChI=1S/C21H29NO/c1-13-14-9-19-17-4-3-15-10-16(23)5-7-20(15,2)18(17)6-8-21(19,11-14)12-22-13/h3-4,10,13-14,17-19,22H,5-9,11-12H2,1-2H3/t13-,14-,17-,18-,19-,20-,21+/m0/s1. The lowest BCUT2D eigenvalue weighted by atomic mass is 9.49. The highest BCUT2D eigenvalue weighted by molar-refractivity contribution is 5.92. The van der Waals surface area contributed by atoms with E-state index in [4.69, 9.17) is 0 Å². The van der Waals surface area contributed by atoms with E-state index in [0.29, 0.717) is 17.2 Å². The number of rotatable bonds is 0. The van der Waals surface area contributed by atoms with Crippen LogP contribution in [-0.2, 0) is 4.79 Å². The zero-order chi connectivity index (χ0) is 15.8. The Hall–Kier alpha value is -0.890. The Morgan fingerprint density at radius 1 is 1.26 bits per heavy atom. The second-order valence-corrected chi connectivity index (χ2v) is 9.40. The van der Waals surface area contributed by atoms with Gasteiger partial charge in [-0.2, -0.15) is 0 Å². The Bertz CT molecular complexity index is 619. The van der Waals surface area contributed by atoms with Crippen LogP contribution >= 0.6 is 0 Å². The minimum absolute atomic E-state index is 0.255. The van der Waals surface area contributed by atoms with E-state index in [1.165, 1.54) is 37.8 Å². The molecule has 0 aromatic heterocycles. The number of carbonyl (C=O) groups excluding carboxylic acids is 1. The molecule has 1 heterocycles. The molecule has 0 amide bonds. The monoisotopic (exact) mass is 311 g/mol. The molecule has 4 aliphatic carbocycles. The number of carbonyl (C=O) groups is 1. The average molecular weight is 311 g/mol. The topological polar surface area (TPSA) is 29.1 Å². The van der Waals surface area contributed by atoms with Gasteiger partial charge in [0.2, 0.25) is 0 Å². The molecule has 2 heteroatoms. The molecule has 2 bridgehead atoms. The van der Waals surface area contributed by atoms with Gasteiger partial charge in [-0.3, -0.25) is 4.79 Å². The fourth-order valence-corrected chi connectivity index (χ4v) is 7.11. The number of fused-ring (bicyclic) bond motifs is 5. The van der Waals surface area contributed by atoms with Crippen LogP contribution in [0.1, 0.15) is 52.4 Å². The first-order valence-electron chi connectivity index (χ1n) is 9.68. The molecule has 0 aromatic rings. The maximum Gasteiger partial charge on any atom is 0.156 e. The van der Waals surface area contributed by atoms with E-state index in [1.807, 2.05) is 6.08 Å². The zero-order valence-electron chi connectivity index (χ0n) is 14.5. The molecule has 23 heavy (non-hydrogen) atoms. The number of piperidine rings is 1. The highest BCUT2D eigenvalue weighted by Gasteiger charge is 2.60. The summed E-state index contributed by atoms with van der Waals surface area (Å²) in [4.78, 5) is 11.9. The molecule has 5 rings (SSSR count). The number of nitrogens with one attached hydrogen (secondary N) is 1. The van der Waals surface area contributed by atoms with Crippen LogP contribution in [0.2, 0.25) is 0 Å². The highest BCUT2D eigenvalue weighted by Crippen LogP contribution is 2.65. The average Bonchev–Trinajstić information content (AvgIpc) is 2.87. The number of ketones is 1. The maximum absolute atomic E-state index is 11.9. The second-order valence-electron chi connectivity index (χ2n) is 9.40. The fraction of sp³-hybridized carbons (Fsp3) is 0.762. The summed E-state index contributed by atoms with van der Waals surface area (Å²) in [7, 11) is 0. The van der Waals surface area contributed by atoms with Gasteiger partial charge in [-0.15, -0.1) is 0 Å². The summed E-state index contributed by atoms with van der Waals surface area (Å²) < 4.78 is 0. The Kier molecular flexibility index (Phi) is 2.89. The molecule has 1 spiro atoms. The predicted molar refractivity (Wildman–Crippen MR) is 91.9 cm³/mol. The van der Waals surface area contributed by atoms with Crippen LogP contribution < -0.4 is 5.32 Å². The normalized spacial score (nSPS) is 54.1. The SMILES string of the molecule is C[C@@H]1NC[C@]23CC[C@H]4[C@H](C=CC5=CC(=O)CC[C@@]54C)[C@@H]2C[C@H]1C3. The Labute approximate surface area is 139 Å². The summed E-state index contributed by atoms with van der Waals surface area (Å²) in [6, 6.07) is 0.704. The first-order chi connectivity index (χ1) is 11.0. The van der Waals surface area contributed by atoms with E-state index in [0.717, 1.165) is 36.5 Å². The first-order valence-corrected chi connectivity index (χ1v) is 9.68. The minimum atomic E-state index is 0.255. The third kappa shape index (κ3) is 1.82. The van der Waals surface area contributed by atoms with E-state index in [2.05, 4.69) is 31.3 Å². The Morgan fingerprint density at radius 3 is 3.00 bits per heavy atom. The van der Waals surface area contributed by atoms with Crippen LogP contribution in [0.15, 0.2) is 23.8 Å². The van der Waals surface area contributed by atoms with Crippen molar-refractivity contribution in [2.45, 2.75) is 58.4 Å². The molecule has 2 nitrogen and oxygen atoms in total. The van der Waals surface area contributed by atoms with Gasteiger partial charge in [0, 0.05) is 19.0 Å². The van der Waals surface area contributed by atoms with Crippen molar-refractivity contribution < 1.29 is 4.79 Å². The van der Waals surface area contributed by atoms with Gasteiger partial charge in [-0.05, 0) is 85.2 Å². The maximum atomic E-state index is 11.9. The largest absolute Gasteiger partial charge is 0.313 e. The molecule has 1 N–H and O–H groups in total. The second kappa shape index (κ2) is 4.59. The molecule has 0 unspecified atom stereocenters. The summed E-state index contributed by atoms with van der Waals surface area (Å²) in [6.45, 7) is 6.08. The van der Waals surface area contributed by atoms with Crippen LogP contribution in [0, 0.1) is 34.5 Å². The summed E-state index contributed by atoms with van der Waals surface area (Å²) in [5.74, 6) is 3.60. The summed E-state index contributed by atoms with van der Waals surface area (Å²) in [5.41, 5.74) is 2.16. The Balaban J connectivity index is 1.54. The molecular formula is C21H29NO. The van der Waals surface area contributed by atoms with Gasteiger partial charge in [0.15, 0.2) is 5.78 Å². The van der Waals surface area contributed by atoms with Crippen molar-refractivity contribution in [2.75, 3.05) is 6.54 Å². The molecule has 0 radical (unpaired) electrons. The molecule has 2 saturated carbocycles. The molecule has 0 aromatic carbocycles. The van der Waals surface area contributed by atoms with E-state index in [9.17, 15) is 4.79 Å². The lowest BCUT2D eigenvalue weighted by molar-refractivity contribution is -0.116. The number of allylic oxidation sites excluding steroid dienone is 4. The van der Waals surface area contributed by atoms with Gasteiger partial charge in [-0.25, -0.2) is 0 Å². The van der Waals surface area contributed by atoms with E-state index in [-0.39, 0.29) is 5.41 Å². The van der Waals surface area contributed by atoms with E-state index >= 15 is 0 Å². The molecule has 1 saturated heterocycles. The molecule has 3 fully saturated rings. The smallest absolute Gasteiger partial charge is 0.156 e. The summed E-state index contributed by atoms with van der Waals surface area (Å²) in [6.07, 6.45) is 14.3. The van der Waals surface area contributed by atoms with Crippen molar-refractivity contribution in [1.29, 1.82) is 0 Å². The molecule has 5 aliphatic rings. The number of hydrogen-bond acceptors (Lipinski definition) is 2. The molecule has 1 aliphatic heterocycles. The van der Waals surface area contributed by atoms with E-state index in [1.54, 1.807) is 0 Å². The lowest BCUT2D eigenvalue weighted by Crippen LogP contribution is -2.53. The van der Waals surface area contributed by atoms with Gasteiger partial charge in [0.25, 0.3) is 0 Å². The van der Waals surface area contributed by atoms with Crippen molar-refractivity contribution in [3.63, 3.8) is 0 Å². The number of hydrogen-bond donors (Lipinski definition) is 1. The van der Waals surface area contributed by atoms with Gasteiger partial charge in [-0.1, -0.05) is 19.1 Å². The quantitative estimate of drug-likeness (QED) is 0.735. The van der Waals surface area contributed by atoms with Crippen molar-refractivity contribution in [1.82, 2.24) is 5.32 Å². The van der Waals surface area contributed by atoms with Crippen LogP contribution in [0.3, 0.4) is 0 Å². The van der Waals surface area contributed by atoms with Crippen LogP contribution in [0.25, 0.3) is 0 Å². The third-order valence-corrected chi connectivity index (χ3v) is 8.56. The van der Waals surface area contributed by atoms with Crippen LogP contribution in [-0.4, -0.2) is 18.4 Å². The van der Waals surface area contributed by atoms with Gasteiger partial charge in [0.05, 0.1) is 0 Å². The fourth-order valence-electron chi connectivity index (χ4n) is 7.11. The Morgan fingerprint density at radius 2 is 2.13 bits per heavy atom. The van der Waals surface area contributed by atoms with Gasteiger partial charge < -0.3 is 5.32 Å². The van der Waals surface area contributed by atoms with Crippen molar-refractivity contribution >= 4 is 5.78 Å². The van der Waals surface area contributed by atoms with Crippen LogP contribution in [0.4, 0.5) is 0 Å². The van der Waals surface area contributed by atoms with Crippen molar-refractivity contribution in [2.24, 2.45) is 34.5 Å². The summed E-state index contributed by atoms with van der Waals surface area (Å²) >= 11 is 0. The molecular weight excluding hydrogens is 282 g/mol. The highest BCUT2D eigenvalue weighted by atomic mass is 16.1. The van der Waals surface area contributed by atoms with Gasteiger partial charge >= 0.3 is 0 Å². The van der Waals surface area contributed by atoms with Crippen molar-refractivity contribution in [3.05, 3.63) is 23.8 Å². The zero-order valence-corrected chi connectivity index (χ0v) is 14.5. The first kappa shape index (κ1) is 14.5. The van der Waals surface area contributed by atoms with Crippen LogP contribution in [0.5, 0.6) is 0 Å². The minimum Gasteiger partial charge on any atom is -0.313 e. The van der Waals surface area contributed by atoms with Gasteiger partial charge in [0.1, 0.15) is 0 Å². The lowest BCUT2D eigenvalue weighted by Gasteiger charge is -2.56. The van der Waals surface area contributed by atoms with E-state index < -0.39 is 0 Å². The van der Waals surface area contributed by atoms with Crippen molar-refractivity contribution in [3.8, 4) is 0 Å².